The molecule has 1 aromatic heterocycles. The van der Waals surface area contributed by atoms with Crippen molar-refractivity contribution < 1.29 is 13.7 Å². The lowest BCUT2D eigenvalue weighted by Gasteiger charge is -2.19. The van der Waals surface area contributed by atoms with Crippen LogP contribution < -0.4 is 5.32 Å². The van der Waals surface area contributed by atoms with Gasteiger partial charge in [0.2, 0.25) is 5.82 Å². The van der Waals surface area contributed by atoms with Gasteiger partial charge in [-0.25, -0.2) is 4.39 Å². The van der Waals surface area contributed by atoms with E-state index in [-0.39, 0.29) is 11.7 Å². The maximum absolute atomic E-state index is 13.4. The monoisotopic (exact) mass is 408 g/mol. The summed E-state index contributed by atoms with van der Waals surface area (Å²) in [7, 11) is 0. The Balaban J connectivity index is 1.34. The highest BCUT2D eigenvalue weighted by Crippen LogP contribution is 2.23. The third kappa shape index (κ3) is 5.10. The first-order chi connectivity index (χ1) is 14.7. The summed E-state index contributed by atoms with van der Waals surface area (Å²) in [6, 6.07) is 13.1. The van der Waals surface area contributed by atoms with Gasteiger partial charge in [-0.1, -0.05) is 30.1 Å². The van der Waals surface area contributed by atoms with Gasteiger partial charge in [0.05, 0.1) is 0 Å². The number of amides is 1. The van der Waals surface area contributed by atoms with Crippen LogP contribution in [0.5, 0.6) is 0 Å². The highest BCUT2D eigenvalue weighted by atomic mass is 19.1. The van der Waals surface area contributed by atoms with Gasteiger partial charge in [0.15, 0.2) is 0 Å². The van der Waals surface area contributed by atoms with Crippen molar-refractivity contribution in [2.75, 3.05) is 26.2 Å². The van der Waals surface area contributed by atoms with Crippen LogP contribution in [0, 0.1) is 5.82 Å². The number of nitrogens with zero attached hydrogens (tertiary/aromatic N) is 3. The SMILES string of the molecule is O=C(NCCN1CCCCCC1)c1ccc(-c2nc(-c3cccc(F)c3)no2)cc1. The first kappa shape index (κ1) is 20.2. The third-order valence-electron chi connectivity index (χ3n) is 5.32. The summed E-state index contributed by atoms with van der Waals surface area (Å²) in [5.41, 5.74) is 1.83. The minimum atomic E-state index is -0.356. The number of hydrogen-bond donors (Lipinski definition) is 1. The quantitative estimate of drug-likeness (QED) is 0.664. The molecule has 3 aromatic rings. The van der Waals surface area contributed by atoms with Gasteiger partial charge in [-0.05, 0) is 62.3 Å². The molecule has 1 fully saturated rings. The average molecular weight is 408 g/mol. The van der Waals surface area contributed by atoms with Crippen LogP contribution in [0.2, 0.25) is 0 Å². The molecule has 0 radical (unpaired) electrons. The zero-order chi connectivity index (χ0) is 20.8. The molecule has 0 spiro atoms. The largest absolute Gasteiger partial charge is 0.351 e. The summed E-state index contributed by atoms with van der Waals surface area (Å²) in [5.74, 6) is 0.189. The molecule has 0 unspecified atom stereocenters. The number of benzene rings is 2. The zero-order valence-electron chi connectivity index (χ0n) is 16.8. The van der Waals surface area contributed by atoms with Gasteiger partial charge < -0.3 is 14.7 Å². The molecule has 4 rings (SSSR count). The summed E-state index contributed by atoms with van der Waals surface area (Å²) in [4.78, 5) is 19.2. The van der Waals surface area contributed by atoms with Crippen molar-refractivity contribution in [3.8, 4) is 22.8 Å². The summed E-state index contributed by atoms with van der Waals surface area (Å²) in [5, 5.41) is 6.91. The Morgan fingerprint density at radius 3 is 2.53 bits per heavy atom. The van der Waals surface area contributed by atoms with Gasteiger partial charge in [-0.2, -0.15) is 4.98 Å². The minimum Gasteiger partial charge on any atom is -0.351 e. The molecular formula is C23H25FN4O2. The molecule has 0 atom stereocenters. The van der Waals surface area contributed by atoms with E-state index < -0.39 is 0 Å². The number of likely N-dealkylation sites (tertiary alicyclic amines) is 1. The van der Waals surface area contributed by atoms with Gasteiger partial charge in [-0.15, -0.1) is 0 Å². The summed E-state index contributed by atoms with van der Waals surface area (Å²) in [6.45, 7) is 3.76. The molecule has 2 heterocycles. The fourth-order valence-electron chi connectivity index (χ4n) is 3.64. The highest BCUT2D eigenvalue weighted by molar-refractivity contribution is 5.94. The number of carbonyl (C=O) groups is 1. The van der Waals surface area contributed by atoms with E-state index in [1.165, 1.54) is 37.8 Å². The van der Waals surface area contributed by atoms with E-state index in [0.29, 0.717) is 35.0 Å². The summed E-state index contributed by atoms with van der Waals surface area (Å²) >= 11 is 0. The Bertz CT molecular complexity index is 979. The van der Waals surface area contributed by atoms with E-state index in [9.17, 15) is 9.18 Å². The molecular weight excluding hydrogens is 383 g/mol. The normalized spacial score (nSPS) is 15.0. The van der Waals surface area contributed by atoms with Crippen molar-refractivity contribution >= 4 is 5.91 Å². The van der Waals surface area contributed by atoms with Crippen LogP contribution in [0.1, 0.15) is 36.0 Å². The Morgan fingerprint density at radius 2 is 1.80 bits per heavy atom. The molecule has 0 aliphatic carbocycles. The number of rotatable bonds is 6. The van der Waals surface area contributed by atoms with Gasteiger partial charge in [0, 0.05) is 29.8 Å². The number of carbonyl (C=O) groups excluding carboxylic acids is 1. The van der Waals surface area contributed by atoms with Gasteiger partial charge in [-0.3, -0.25) is 4.79 Å². The second-order valence-electron chi connectivity index (χ2n) is 7.52. The van der Waals surface area contributed by atoms with E-state index in [1.54, 1.807) is 36.4 Å². The van der Waals surface area contributed by atoms with Crippen LogP contribution in [-0.2, 0) is 0 Å². The molecule has 1 aliphatic heterocycles. The highest BCUT2D eigenvalue weighted by Gasteiger charge is 2.13. The molecule has 6 nitrogen and oxygen atoms in total. The molecule has 1 amide bonds. The summed E-state index contributed by atoms with van der Waals surface area (Å²) < 4.78 is 18.7. The standard InChI is InChI=1S/C23H25FN4O2/c24-20-7-5-6-19(16-20)21-26-23(30-27-21)18-10-8-17(9-11-18)22(29)25-12-15-28-13-3-1-2-4-14-28/h5-11,16H,1-4,12-15H2,(H,25,29). The average Bonchev–Trinajstić information content (AvgIpc) is 3.12. The lowest BCUT2D eigenvalue weighted by Crippen LogP contribution is -2.35. The molecule has 2 aromatic carbocycles. The van der Waals surface area contributed by atoms with Crippen molar-refractivity contribution in [3.63, 3.8) is 0 Å². The fraction of sp³-hybridized carbons (Fsp3) is 0.348. The van der Waals surface area contributed by atoms with Crippen molar-refractivity contribution in [2.45, 2.75) is 25.7 Å². The molecule has 30 heavy (non-hydrogen) atoms. The van der Waals surface area contributed by atoms with Crippen molar-refractivity contribution in [1.29, 1.82) is 0 Å². The van der Waals surface area contributed by atoms with Crippen LogP contribution in [0.15, 0.2) is 53.1 Å². The second-order valence-corrected chi connectivity index (χ2v) is 7.52. The Morgan fingerprint density at radius 1 is 1.03 bits per heavy atom. The van der Waals surface area contributed by atoms with Crippen LogP contribution in [-0.4, -0.2) is 47.1 Å². The maximum atomic E-state index is 13.4. The van der Waals surface area contributed by atoms with Crippen molar-refractivity contribution in [2.24, 2.45) is 0 Å². The topological polar surface area (TPSA) is 71.3 Å². The number of hydrogen-bond acceptors (Lipinski definition) is 5. The zero-order valence-corrected chi connectivity index (χ0v) is 16.8. The van der Waals surface area contributed by atoms with Crippen LogP contribution in [0.25, 0.3) is 22.8 Å². The Kier molecular flexibility index (Phi) is 6.49. The first-order valence-electron chi connectivity index (χ1n) is 10.4. The smallest absolute Gasteiger partial charge is 0.258 e. The van der Waals surface area contributed by atoms with E-state index in [4.69, 9.17) is 4.52 Å². The van der Waals surface area contributed by atoms with Crippen LogP contribution in [0.4, 0.5) is 4.39 Å². The molecule has 0 saturated carbocycles. The molecule has 1 saturated heterocycles. The van der Waals surface area contributed by atoms with Crippen molar-refractivity contribution in [3.05, 3.63) is 59.9 Å². The number of aromatic nitrogens is 2. The third-order valence-corrected chi connectivity index (χ3v) is 5.32. The predicted octanol–water partition coefficient (Wildman–Crippen LogP) is 4.15. The Labute approximate surface area is 175 Å². The van der Waals surface area contributed by atoms with E-state index in [1.807, 2.05) is 0 Å². The lowest BCUT2D eigenvalue weighted by atomic mass is 10.1. The predicted molar refractivity (Wildman–Crippen MR) is 112 cm³/mol. The first-order valence-corrected chi connectivity index (χ1v) is 10.4. The summed E-state index contributed by atoms with van der Waals surface area (Å²) in [6.07, 6.45) is 5.09. The van der Waals surface area contributed by atoms with Crippen LogP contribution >= 0.6 is 0 Å². The van der Waals surface area contributed by atoms with Gasteiger partial charge in [0.25, 0.3) is 11.8 Å². The van der Waals surface area contributed by atoms with Gasteiger partial charge >= 0.3 is 0 Å². The molecule has 0 bridgehead atoms. The van der Waals surface area contributed by atoms with Crippen molar-refractivity contribution in [1.82, 2.24) is 20.4 Å². The van der Waals surface area contributed by atoms with E-state index in [2.05, 4.69) is 20.4 Å². The molecule has 156 valence electrons. The number of halogens is 1. The van der Waals surface area contributed by atoms with E-state index in [0.717, 1.165) is 19.6 Å². The lowest BCUT2D eigenvalue weighted by molar-refractivity contribution is 0.0948. The van der Waals surface area contributed by atoms with Crippen LogP contribution in [0.3, 0.4) is 0 Å². The molecule has 7 heteroatoms. The Hall–Kier alpha value is -3.06. The molecule has 1 N–H and O–H groups in total. The van der Waals surface area contributed by atoms with Gasteiger partial charge in [0.1, 0.15) is 5.82 Å². The maximum Gasteiger partial charge on any atom is 0.258 e. The number of nitrogens with one attached hydrogen (secondary N) is 1. The molecule has 1 aliphatic rings. The second kappa shape index (κ2) is 9.63. The minimum absolute atomic E-state index is 0.0950. The fourth-order valence-corrected chi connectivity index (χ4v) is 3.64. The van der Waals surface area contributed by atoms with E-state index >= 15 is 0 Å².